The predicted molar refractivity (Wildman–Crippen MR) is 63.5 cm³/mol. The smallest absolute Gasteiger partial charge is 0.0822 e. The Morgan fingerprint density at radius 3 is 2.27 bits per heavy atom. The first kappa shape index (κ1) is 12.3. The predicted octanol–water partition coefficient (Wildman–Crippen LogP) is 3.78. The molecule has 15 heavy (non-hydrogen) atoms. The van der Waals surface area contributed by atoms with Crippen molar-refractivity contribution in [3.8, 4) is 0 Å². The van der Waals surface area contributed by atoms with Crippen molar-refractivity contribution in [1.29, 1.82) is 0 Å². The van der Waals surface area contributed by atoms with Crippen LogP contribution in [0.4, 0.5) is 0 Å². The molecule has 1 radical (unpaired) electrons. The Kier molecular flexibility index (Phi) is 6.10. The van der Waals surface area contributed by atoms with Crippen molar-refractivity contribution in [2.45, 2.75) is 45.4 Å². The van der Waals surface area contributed by atoms with E-state index in [1.807, 2.05) is 0 Å². The lowest BCUT2D eigenvalue weighted by Crippen LogP contribution is -1.91. The van der Waals surface area contributed by atoms with Crippen molar-refractivity contribution in [3.63, 3.8) is 0 Å². The maximum Gasteiger partial charge on any atom is 0.0822 e. The van der Waals surface area contributed by atoms with E-state index in [-0.39, 0.29) is 6.61 Å². The van der Waals surface area contributed by atoms with E-state index in [9.17, 15) is 5.11 Å². The van der Waals surface area contributed by atoms with Gasteiger partial charge in [0.05, 0.1) is 6.61 Å². The van der Waals surface area contributed by atoms with Crippen LogP contribution in [0.2, 0.25) is 0 Å². The molecule has 83 valence electrons. The van der Waals surface area contributed by atoms with Gasteiger partial charge in [0.25, 0.3) is 0 Å². The third-order valence-corrected chi connectivity index (χ3v) is 2.67. The van der Waals surface area contributed by atoms with Gasteiger partial charge in [0, 0.05) is 0 Å². The molecule has 0 atom stereocenters. The van der Waals surface area contributed by atoms with Crippen LogP contribution < -0.4 is 0 Å². The number of aryl methyl sites for hydroxylation is 2. The molecule has 1 aromatic rings. The van der Waals surface area contributed by atoms with E-state index in [0.29, 0.717) is 0 Å². The van der Waals surface area contributed by atoms with E-state index in [1.165, 1.54) is 30.4 Å². The zero-order valence-electron chi connectivity index (χ0n) is 9.67. The molecule has 0 aliphatic rings. The molecule has 0 aromatic heterocycles. The molecule has 0 amide bonds. The normalized spacial score (nSPS) is 10.5. The third-order valence-electron chi connectivity index (χ3n) is 2.67. The highest BCUT2D eigenvalue weighted by Gasteiger charge is 1.96. The molecule has 0 aliphatic heterocycles. The number of hydrogen-bond donors (Lipinski definition) is 0. The lowest BCUT2D eigenvalue weighted by molar-refractivity contribution is 0.187. The zero-order chi connectivity index (χ0) is 10.9. The van der Waals surface area contributed by atoms with Crippen molar-refractivity contribution in [2.24, 2.45) is 0 Å². The summed E-state index contributed by atoms with van der Waals surface area (Å²) in [4.78, 5) is 0. The van der Waals surface area contributed by atoms with Crippen molar-refractivity contribution in [3.05, 3.63) is 35.4 Å². The number of rotatable bonds is 7. The fraction of sp³-hybridized carbons (Fsp3) is 0.571. The van der Waals surface area contributed by atoms with Crippen molar-refractivity contribution in [2.75, 3.05) is 6.61 Å². The van der Waals surface area contributed by atoms with E-state index >= 15 is 0 Å². The van der Waals surface area contributed by atoms with Crippen LogP contribution in [0.15, 0.2) is 24.3 Å². The first-order valence-electron chi connectivity index (χ1n) is 6.02. The van der Waals surface area contributed by atoms with Crippen molar-refractivity contribution < 1.29 is 5.11 Å². The minimum Gasteiger partial charge on any atom is -0.237 e. The zero-order valence-corrected chi connectivity index (χ0v) is 9.67. The molecule has 0 spiro atoms. The molecular formula is C14H21O. The van der Waals surface area contributed by atoms with Crippen molar-refractivity contribution in [1.82, 2.24) is 0 Å². The summed E-state index contributed by atoms with van der Waals surface area (Å²) in [5.41, 5.74) is 2.83. The summed E-state index contributed by atoms with van der Waals surface area (Å²) in [5, 5.41) is 10.3. The summed E-state index contributed by atoms with van der Waals surface area (Å²) < 4.78 is 0. The summed E-state index contributed by atoms with van der Waals surface area (Å²) in [7, 11) is 0. The van der Waals surface area contributed by atoms with Gasteiger partial charge in [0.1, 0.15) is 0 Å². The van der Waals surface area contributed by atoms with Crippen LogP contribution in [-0.2, 0) is 17.9 Å². The molecule has 0 saturated carbocycles. The van der Waals surface area contributed by atoms with Gasteiger partial charge < -0.3 is 0 Å². The molecule has 1 nitrogen and oxygen atoms in total. The van der Waals surface area contributed by atoms with Crippen LogP contribution >= 0.6 is 0 Å². The highest BCUT2D eigenvalue weighted by molar-refractivity contribution is 5.23. The Bertz CT molecular complexity index is 268. The van der Waals surface area contributed by atoms with Crippen LogP contribution in [0.1, 0.15) is 43.7 Å². The summed E-state index contributed by atoms with van der Waals surface area (Å²) in [5.74, 6) is 0. The SMILES string of the molecule is CCCCc1cccc(CCCC[O])c1. The molecule has 0 aliphatic carbocycles. The van der Waals surface area contributed by atoms with E-state index in [2.05, 4.69) is 31.2 Å². The average Bonchev–Trinajstić information content (AvgIpc) is 2.27. The molecule has 0 saturated heterocycles. The molecule has 1 aromatic carbocycles. The highest BCUT2D eigenvalue weighted by atomic mass is 16.2. The van der Waals surface area contributed by atoms with Gasteiger partial charge in [-0.2, -0.15) is 0 Å². The summed E-state index contributed by atoms with van der Waals surface area (Å²) >= 11 is 0. The largest absolute Gasteiger partial charge is 0.237 e. The molecule has 0 heterocycles. The van der Waals surface area contributed by atoms with Crippen LogP contribution in [0.25, 0.3) is 0 Å². The minimum atomic E-state index is 0.0650. The second-order valence-electron chi connectivity index (χ2n) is 4.08. The number of unbranched alkanes of at least 4 members (excludes halogenated alkanes) is 2. The standard InChI is InChI=1S/C14H21O/c1-2-3-7-13-9-6-10-14(12-13)8-4-5-11-15/h6,9-10,12H,2-5,7-8,11H2,1H3. The van der Waals surface area contributed by atoms with Crippen LogP contribution in [0.5, 0.6) is 0 Å². The minimum absolute atomic E-state index is 0.0650. The number of hydrogen-bond acceptors (Lipinski definition) is 0. The topological polar surface area (TPSA) is 19.9 Å². The molecular weight excluding hydrogens is 184 g/mol. The molecule has 0 fully saturated rings. The van der Waals surface area contributed by atoms with Gasteiger partial charge in [-0.05, 0) is 43.2 Å². The molecule has 0 N–H and O–H groups in total. The molecule has 1 heteroatoms. The quantitative estimate of drug-likeness (QED) is 0.604. The van der Waals surface area contributed by atoms with Gasteiger partial charge in [0.2, 0.25) is 0 Å². The Morgan fingerprint density at radius 2 is 1.67 bits per heavy atom. The van der Waals surface area contributed by atoms with Crippen LogP contribution in [0.3, 0.4) is 0 Å². The lowest BCUT2D eigenvalue weighted by atomic mass is 10.0. The lowest BCUT2D eigenvalue weighted by Gasteiger charge is -2.04. The second-order valence-corrected chi connectivity index (χ2v) is 4.08. The first-order chi connectivity index (χ1) is 7.36. The summed E-state index contributed by atoms with van der Waals surface area (Å²) in [6, 6.07) is 8.80. The maximum atomic E-state index is 10.3. The Balaban J connectivity index is 2.42. The van der Waals surface area contributed by atoms with Crippen molar-refractivity contribution >= 4 is 0 Å². The van der Waals surface area contributed by atoms with Gasteiger partial charge in [0.15, 0.2) is 0 Å². The van der Waals surface area contributed by atoms with Gasteiger partial charge in [-0.15, -0.1) is 0 Å². The molecule has 0 bridgehead atoms. The van der Waals surface area contributed by atoms with Crippen LogP contribution in [0, 0.1) is 0 Å². The second kappa shape index (κ2) is 7.47. The van der Waals surface area contributed by atoms with Gasteiger partial charge in [-0.1, -0.05) is 37.6 Å². The first-order valence-corrected chi connectivity index (χ1v) is 6.02. The molecule has 1 rings (SSSR count). The Morgan fingerprint density at radius 1 is 1.00 bits per heavy atom. The van der Waals surface area contributed by atoms with E-state index in [0.717, 1.165) is 19.3 Å². The summed E-state index contributed by atoms with van der Waals surface area (Å²) in [6.45, 7) is 2.29. The maximum absolute atomic E-state index is 10.3. The van der Waals surface area contributed by atoms with E-state index in [1.54, 1.807) is 0 Å². The van der Waals surface area contributed by atoms with Gasteiger partial charge in [-0.3, -0.25) is 0 Å². The fourth-order valence-corrected chi connectivity index (χ4v) is 1.75. The van der Waals surface area contributed by atoms with E-state index in [4.69, 9.17) is 0 Å². The monoisotopic (exact) mass is 205 g/mol. The Labute approximate surface area is 93.1 Å². The summed E-state index contributed by atoms with van der Waals surface area (Å²) in [6.07, 6.45) is 6.60. The fourth-order valence-electron chi connectivity index (χ4n) is 1.75. The highest BCUT2D eigenvalue weighted by Crippen LogP contribution is 2.11. The average molecular weight is 205 g/mol. The van der Waals surface area contributed by atoms with Gasteiger partial charge >= 0.3 is 0 Å². The van der Waals surface area contributed by atoms with Gasteiger partial charge in [-0.25, -0.2) is 5.11 Å². The van der Waals surface area contributed by atoms with E-state index < -0.39 is 0 Å². The van der Waals surface area contributed by atoms with Crippen LogP contribution in [-0.4, -0.2) is 6.61 Å². The third kappa shape index (κ3) is 4.98. The number of benzene rings is 1. The Hall–Kier alpha value is -0.820. The molecule has 0 unspecified atom stereocenters.